The lowest BCUT2D eigenvalue weighted by molar-refractivity contribution is 0.558. The van der Waals surface area contributed by atoms with Crippen LogP contribution in [0.5, 0.6) is 0 Å². The van der Waals surface area contributed by atoms with Crippen LogP contribution in [0.4, 0.5) is 0 Å². The number of fused-ring (bicyclic) bond motifs is 1. The maximum atomic E-state index is 5.71. The molecule has 0 N–H and O–H groups in total. The summed E-state index contributed by atoms with van der Waals surface area (Å²) in [7, 11) is 0. The molecule has 0 amide bonds. The highest BCUT2D eigenvalue weighted by Gasteiger charge is 2.13. The van der Waals surface area contributed by atoms with E-state index < -0.39 is 0 Å². The second kappa shape index (κ2) is 4.91. The van der Waals surface area contributed by atoms with Gasteiger partial charge >= 0.3 is 0 Å². The third-order valence-electron chi connectivity index (χ3n) is 3.27. The zero-order chi connectivity index (χ0) is 12.4. The molecule has 0 bridgehead atoms. The van der Waals surface area contributed by atoms with Gasteiger partial charge in [-0.3, -0.25) is 0 Å². The number of aromatic nitrogens is 1. The molecule has 2 aromatic rings. The molecule has 0 fully saturated rings. The Bertz CT molecular complexity index is 525. The van der Waals surface area contributed by atoms with Gasteiger partial charge in [0.2, 0.25) is 0 Å². The number of benzene rings is 1. The van der Waals surface area contributed by atoms with Crippen LogP contribution in [0.2, 0.25) is 0 Å². The molecule has 1 aromatic carbocycles. The molecule has 2 heteroatoms. The zero-order valence-corrected chi connectivity index (χ0v) is 11.3. The standard InChI is InChI=1S/C15H21NO/c1-5-7-12-9-14-15(17-11(4)16-14)10(3)13(12)8-6-2/h9H,5-8H2,1-4H3. The fraction of sp³-hybridized carbons (Fsp3) is 0.533. The molecule has 17 heavy (non-hydrogen) atoms. The van der Waals surface area contributed by atoms with Gasteiger partial charge in [-0.05, 0) is 42.5 Å². The van der Waals surface area contributed by atoms with Crippen LogP contribution in [0, 0.1) is 13.8 Å². The molecule has 0 aliphatic heterocycles. The summed E-state index contributed by atoms with van der Waals surface area (Å²) >= 11 is 0. The quantitative estimate of drug-likeness (QED) is 0.781. The highest BCUT2D eigenvalue weighted by Crippen LogP contribution is 2.28. The van der Waals surface area contributed by atoms with E-state index in [4.69, 9.17) is 4.42 Å². The third-order valence-corrected chi connectivity index (χ3v) is 3.27. The van der Waals surface area contributed by atoms with Crippen LogP contribution in [0.25, 0.3) is 11.1 Å². The maximum absolute atomic E-state index is 5.71. The number of hydrogen-bond acceptors (Lipinski definition) is 2. The molecule has 2 nitrogen and oxygen atoms in total. The van der Waals surface area contributed by atoms with E-state index in [0.717, 1.165) is 29.8 Å². The topological polar surface area (TPSA) is 26.0 Å². The summed E-state index contributed by atoms with van der Waals surface area (Å²) in [6.45, 7) is 8.53. The molecular formula is C15H21NO. The minimum atomic E-state index is 0.763. The number of aryl methyl sites for hydroxylation is 3. The van der Waals surface area contributed by atoms with Crippen LogP contribution in [0.1, 0.15) is 49.3 Å². The lowest BCUT2D eigenvalue weighted by Crippen LogP contribution is -1.98. The lowest BCUT2D eigenvalue weighted by atomic mass is 9.94. The molecule has 0 spiro atoms. The SMILES string of the molecule is CCCc1cc2nc(C)oc2c(C)c1CCC. The van der Waals surface area contributed by atoms with Crippen molar-refractivity contribution in [3.63, 3.8) is 0 Å². The van der Waals surface area contributed by atoms with Crippen LogP contribution >= 0.6 is 0 Å². The average Bonchev–Trinajstić information content (AvgIpc) is 2.65. The summed E-state index contributed by atoms with van der Waals surface area (Å²) in [5.74, 6) is 0.763. The Hall–Kier alpha value is -1.31. The first-order valence-electron chi connectivity index (χ1n) is 6.55. The molecule has 1 aromatic heterocycles. The van der Waals surface area contributed by atoms with Crippen molar-refractivity contribution in [3.05, 3.63) is 28.6 Å². The van der Waals surface area contributed by atoms with Crippen molar-refractivity contribution >= 4 is 11.1 Å². The largest absolute Gasteiger partial charge is 0.441 e. The molecule has 0 saturated heterocycles. The molecule has 0 radical (unpaired) electrons. The van der Waals surface area contributed by atoms with E-state index in [1.54, 1.807) is 0 Å². The van der Waals surface area contributed by atoms with Crippen molar-refractivity contribution in [1.82, 2.24) is 4.98 Å². The number of nitrogens with zero attached hydrogens (tertiary/aromatic N) is 1. The molecular weight excluding hydrogens is 210 g/mol. The molecule has 1 heterocycles. The Balaban J connectivity index is 2.64. The Morgan fingerprint density at radius 1 is 1.12 bits per heavy atom. The molecule has 2 rings (SSSR count). The van der Waals surface area contributed by atoms with Crippen LogP contribution in [-0.4, -0.2) is 4.98 Å². The van der Waals surface area contributed by atoms with Gasteiger partial charge < -0.3 is 4.42 Å². The fourth-order valence-corrected chi connectivity index (χ4v) is 2.53. The van der Waals surface area contributed by atoms with Crippen molar-refractivity contribution in [2.75, 3.05) is 0 Å². The van der Waals surface area contributed by atoms with Crippen molar-refractivity contribution in [1.29, 1.82) is 0 Å². The molecule has 92 valence electrons. The first-order valence-corrected chi connectivity index (χ1v) is 6.55. The minimum absolute atomic E-state index is 0.763. The summed E-state index contributed by atoms with van der Waals surface area (Å²) < 4.78 is 5.71. The molecule has 0 aliphatic rings. The van der Waals surface area contributed by atoms with E-state index >= 15 is 0 Å². The van der Waals surface area contributed by atoms with Gasteiger partial charge in [0.05, 0.1) is 0 Å². The van der Waals surface area contributed by atoms with Crippen LogP contribution in [-0.2, 0) is 12.8 Å². The Kier molecular flexibility index (Phi) is 3.51. The van der Waals surface area contributed by atoms with Crippen LogP contribution in [0.15, 0.2) is 10.5 Å². The summed E-state index contributed by atoms with van der Waals surface area (Å²) in [5, 5.41) is 0. The van der Waals surface area contributed by atoms with Gasteiger partial charge in [-0.1, -0.05) is 26.7 Å². The van der Waals surface area contributed by atoms with E-state index in [-0.39, 0.29) is 0 Å². The van der Waals surface area contributed by atoms with Gasteiger partial charge in [-0.25, -0.2) is 4.98 Å². The maximum Gasteiger partial charge on any atom is 0.192 e. The Labute approximate surface area is 103 Å². The van der Waals surface area contributed by atoms with Crippen molar-refractivity contribution in [2.45, 2.75) is 53.4 Å². The van der Waals surface area contributed by atoms with E-state index in [0.29, 0.717) is 0 Å². The number of oxazole rings is 1. The van der Waals surface area contributed by atoms with Crippen molar-refractivity contribution in [2.24, 2.45) is 0 Å². The summed E-state index contributed by atoms with van der Waals surface area (Å²) in [6.07, 6.45) is 4.63. The molecule has 0 saturated carbocycles. The first-order chi connectivity index (χ1) is 8.17. The summed E-state index contributed by atoms with van der Waals surface area (Å²) in [4.78, 5) is 4.45. The normalized spacial score (nSPS) is 11.3. The minimum Gasteiger partial charge on any atom is -0.441 e. The third kappa shape index (κ3) is 2.21. The van der Waals surface area contributed by atoms with Gasteiger partial charge in [0.1, 0.15) is 5.52 Å². The van der Waals surface area contributed by atoms with Crippen LogP contribution < -0.4 is 0 Å². The van der Waals surface area contributed by atoms with E-state index in [1.165, 1.54) is 29.5 Å². The van der Waals surface area contributed by atoms with Gasteiger partial charge in [0.25, 0.3) is 0 Å². The Morgan fingerprint density at radius 3 is 2.47 bits per heavy atom. The van der Waals surface area contributed by atoms with Gasteiger partial charge in [-0.15, -0.1) is 0 Å². The smallest absolute Gasteiger partial charge is 0.192 e. The highest BCUT2D eigenvalue weighted by atomic mass is 16.3. The fourth-order valence-electron chi connectivity index (χ4n) is 2.53. The molecule has 0 atom stereocenters. The highest BCUT2D eigenvalue weighted by molar-refractivity contribution is 5.79. The van der Waals surface area contributed by atoms with Crippen molar-refractivity contribution in [3.8, 4) is 0 Å². The van der Waals surface area contributed by atoms with E-state index in [2.05, 4.69) is 31.8 Å². The Morgan fingerprint density at radius 2 is 1.82 bits per heavy atom. The first kappa shape index (κ1) is 12.2. The van der Waals surface area contributed by atoms with Crippen LogP contribution in [0.3, 0.4) is 0 Å². The second-order valence-electron chi connectivity index (χ2n) is 4.72. The van der Waals surface area contributed by atoms with Gasteiger partial charge in [0.15, 0.2) is 11.5 Å². The molecule has 0 unspecified atom stereocenters. The summed E-state index contributed by atoms with van der Waals surface area (Å²) in [6, 6.07) is 2.22. The van der Waals surface area contributed by atoms with Gasteiger partial charge in [0, 0.05) is 6.92 Å². The second-order valence-corrected chi connectivity index (χ2v) is 4.72. The average molecular weight is 231 g/mol. The monoisotopic (exact) mass is 231 g/mol. The van der Waals surface area contributed by atoms with Crippen molar-refractivity contribution < 1.29 is 4.42 Å². The summed E-state index contributed by atoms with van der Waals surface area (Å²) in [5.41, 5.74) is 6.20. The number of hydrogen-bond donors (Lipinski definition) is 0. The van der Waals surface area contributed by atoms with E-state index in [9.17, 15) is 0 Å². The van der Waals surface area contributed by atoms with Gasteiger partial charge in [-0.2, -0.15) is 0 Å². The zero-order valence-electron chi connectivity index (χ0n) is 11.3. The van der Waals surface area contributed by atoms with E-state index in [1.807, 2.05) is 6.92 Å². The predicted molar refractivity (Wildman–Crippen MR) is 71.5 cm³/mol. The lowest BCUT2D eigenvalue weighted by Gasteiger charge is -2.11. The predicted octanol–water partition coefficient (Wildman–Crippen LogP) is 4.35. The molecule has 0 aliphatic carbocycles. The number of rotatable bonds is 4.